The van der Waals surface area contributed by atoms with Crippen LogP contribution in [0.2, 0.25) is 0 Å². The van der Waals surface area contributed by atoms with Crippen LogP contribution in [0.4, 0.5) is 0 Å². The molecule has 0 saturated carbocycles. The van der Waals surface area contributed by atoms with Gasteiger partial charge in [-0.1, -0.05) is 17.7 Å². The molecule has 0 aliphatic rings. The van der Waals surface area contributed by atoms with E-state index in [1.807, 2.05) is 26.8 Å². The van der Waals surface area contributed by atoms with Crippen LogP contribution in [0.1, 0.15) is 27.2 Å². The zero-order chi connectivity index (χ0) is 9.56. The van der Waals surface area contributed by atoms with Crippen molar-refractivity contribution in [1.82, 2.24) is 0 Å². The summed E-state index contributed by atoms with van der Waals surface area (Å²) in [6.45, 7) is 5.81. The molecule has 0 amide bonds. The highest BCUT2D eigenvalue weighted by Crippen LogP contribution is 2.07. The van der Waals surface area contributed by atoms with Crippen molar-refractivity contribution in [2.45, 2.75) is 33.3 Å². The van der Waals surface area contributed by atoms with Gasteiger partial charge in [0.1, 0.15) is 0 Å². The highest BCUT2D eigenvalue weighted by atomic mass is 16.3. The number of aliphatic hydroxyl groups excluding tert-OH is 2. The Hall–Kier alpha value is -0.600. The molecule has 0 aromatic heterocycles. The quantitative estimate of drug-likeness (QED) is 0.630. The maximum atomic E-state index is 9.47. The molecule has 0 aliphatic carbocycles. The largest absolute Gasteiger partial charge is 0.392 e. The van der Waals surface area contributed by atoms with Crippen molar-refractivity contribution in [2.75, 3.05) is 6.61 Å². The average Bonchev–Trinajstić information content (AvgIpc) is 2.00. The lowest BCUT2D eigenvalue weighted by molar-refractivity contribution is 0.212. The van der Waals surface area contributed by atoms with E-state index in [-0.39, 0.29) is 6.61 Å². The van der Waals surface area contributed by atoms with Gasteiger partial charge < -0.3 is 10.2 Å². The van der Waals surface area contributed by atoms with E-state index in [9.17, 15) is 5.11 Å². The molecule has 1 unspecified atom stereocenters. The van der Waals surface area contributed by atoms with Crippen LogP contribution in [0.5, 0.6) is 0 Å². The fourth-order valence-corrected chi connectivity index (χ4v) is 0.813. The Morgan fingerprint density at radius 3 is 2.25 bits per heavy atom. The molecule has 70 valence electrons. The lowest BCUT2D eigenvalue weighted by Crippen LogP contribution is -2.07. The van der Waals surface area contributed by atoms with Gasteiger partial charge in [0.25, 0.3) is 0 Å². The van der Waals surface area contributed by atoms with E-state index < -0.39 is 6.10 Å². The maximum Gasteiger partial charge on any atom is 0.0782 e. The molecule has 0 spiro atoms. The van der Waals surface area contributed by atoms with Crippen molar-refractivity contribution in [1.29, 1.82) is 0 Å². The fourth-order valence-electron chi connectivity index (χ4n) is 0.813. The third-order valence-electron chi connectivity index (χ3n) is 1.69. The molecule has 0 fully saturated rings. The van der Waals surface area contributed by atoms with E-state index in [0.717, 1.165) is 5.57 Å². The lowest BCUT2D eigenvalue weighted by atomic mass is 10.1. The van der Waals surface area contributed by atoms with Gasteiger partial charge in [-0.25, -0.2) is 0 Å². The third-order valence-corrected chi connectivity index (χ3v) is 1.69. The lowest BCUT2D eigenvalue weighted by Gasteiger charge is -2.08. The van der Waals surface area contributed by atoms with E-state index in [1.165, 1.54) is 5.57 Å². The topological polar surface area (TPSA) is 40.5 Å². The molecule has 0 saturated heterocycles. The molecule has 0 aromatic rings. The molecular weight excluding hydrogens is 152 g/mol. The molecule has 0 aromatic carbocycles. The van der Waals surface area contributed by atoms with E-state index in [0.29, 0.717) is 6.42 Å². The summed E-state index contributed by atoms with van der Waals surface area (Å²) < 4.78 is 0. The van der Waals surface area contributed by atoms with Crippen molar-refractivity contribution in [3.8, 4) is 0 Å². The minimum Gasteiger partial charge on any atom is -0.392 e. The number of rotatable bonds is 4. The van der Waals surface area contributed by atoms with Crippen molar-refractivity contribution in [2.24, 2.45) is 0 Å². The van der Waals surface area contributed by atoms with Crippen molar-refractivity contribution < 1.29 is 10.2 Å². The molecule has 12 heavy (non-hydrogen) atoms. The van der Waals surface area contributed by atoms with Gasteiger partial charge in [0.2, 0.25) is 0 Å². The first-order valence-corrected chi connectivity index (χ1v) is 4.17. The number of hydrogen-bond acceptors (Lipinski definition) is 2. The van der Waals surface area contributed by atoms with Crippen LogP contribution in [0.25, 0.3) is 0 Å². The SMILES string of the molecule is CC(C)=CCC(O)C(C)=CCO. The van der Waals surface area contributed by atoms with E-state index in [2.05, 4.69) is 0 Å². The molecule has 2 heteroatoms. The van der Waals surface area contributed by atoms with Crippen LogP contribution in [0.15, 0.2) is 23.3 Å². The van der Waals surface area contributed by atoms with Crippen LogP contribution in [-0.2, 0) is 0 Å². The van der Waals surface area contributed by atoms with Crippen LogP contribution in [0, 0.1) is 0 Å². The van der Waals surface area contributed by atoms with Crippen LogP contribution < -0.4 is 0 Å². The molecular formula is C10H18O2. The van der Waals surface area contributed by atoms with Gasteiger partial charge in [-0.15, -0.1) is 0 Å². The maximum absolute atomic E-state index is 9.47. The van der Waals surface area contributed by atoms with Crippen molar-refractivity contribution >= 4 is 0 Å². The molecule has 2 nitrogen and oxygen atoms in total. The molecule has 0 bridgehead atoms. The molecule has 1 atom stereocenters. The molecule has 0 heterocycles. The summed E-state index contributed by atoms with van der Waals surface area (Å²) in [5.41, 5.74) is 2.03. The minimum absolute atomic E-state index is 0.00227. The van der Waals surface area contributed by atoms with Gasteiger partial charge in [-0.05, 0) is 32.8 Å². The summed E-state index contributed by atoms with van der Waals surface area (Å²) in [7, 11) is 0. The van der Waals surface area contributed by atoms with Crippen molar-refractivity contribution in [3.05, 3.63) is 23.3 Å². The van der Waals surface area contributed by atoms with Crippen LogP contribution >= 0.6 is 0 Å². The Bertz CT molecular complexity index is 176. The summed E-state index contributed by atoms with van der Waals surface area (Å²) in [5, 5.41) is 18.0. The molecule has 0 aliphatic heterocycles. The normalized spacial score (nSPS) is 14.2. The molecule has 0 rings (SSSR count). The average molecular weight is 170 g/mol. The zero-order valence-corrected chi connectivity index (χ0v) is 8.04. The second kappa shape index (κ2) is 5.98. The molecule has 2 N–H and O–H groups in total. The summed E-state index contributed by atoms with van der Waals surface area (Å²) in [6.07, 6.45) is 3.79. The summed E-state index contributed by atoms with van der Waals surface area (Å²) in [5.74, 6) is 0. The number of aliphatic hydroxyl groups is 2. The standard InChI is InChI=1S/C10H18O2/c1-8(2)4-5-10(12)9(3)6-7-11/h4,6,10-12H,5,7H2,1-3H3. The zero-order valence-electron chi connectivity index (χ0n) is 8.04. The first kappa shape index (κ1) is 11.4. The van der Waals surface area contributed by atoms with Gasteiger partial charge in [0, 0.05) is 0 Å². The highest BCUT2D eigenvalue weighted by Gasteiger charge is 2.02. The van der Waals surface area contributed by atoms with Gasteiger partial charge in [-0.3, -0.25) is 0 Å². The highest BCUT2D eigenvalue weighted by molar-refractivity contribution is 5.08. The van der Waals surface area contributed by atoms with Crippen LogP contribution in [-0.4, -0.2) is 22.9 Å². The molecule has 0 radical (unpaired) electrons. The minimum atomic E-state index is -0.452. The third kappa shape index (κ3) is 5.10. The van der Waals surface area contributed by atoms with Gasteiger partial charge in [-0.2, -0.15) is 0 Å². The summed E-state index contributed by atoms with van der Waals surface area (Å²) in [6, 6.07) is 0. The number of hydrogen-bond donors (Lipinski definition) is 2. The Kier molecular flexibility index (Phi) is 5.68. The Balaban J connectivity index is 3.95. The van der Waals surface area contributed by atoms with E-state index >= 15 is 0 Å². The van der Waals surface area contributed by atoms with Crippen molar-refractivity contribution in [3.63, 3.8) is 0 Å². The van der Waals surface area contributed by atoms with Gasteiger partial charge >= 0.3 is 0 Å². The van der Waals surface area contributed by atoms with E-state index in [4.69, 9.17) is 5.11 Å². The summed E-state index contributed by atoms with van der Waals surface area (Å²) >= 11 is 0. The second-order valence-electron chi connectivity index (χ2n) is 3.16. The smallest absolute Gasteiger partial charge is 0.0782 e. The fraction of sp³-hybridized carbons (Fsp3) is 0.600. The number of allylic oxidation sites excluding steroid dienone is 1. The van der Waals surface area contributed by atoms with E-state index in [1.54, 1.807) is 6.08 Å². The Labute approximate surface area is 74.2 Å². The second-order valence-corrected chi connectivity index (χ2v) is 3.16. The Morgan fingerprint density at radius 2 is 1.83 bits per heavy atom. The monoisotopic (exact) mass is 170 g/mol. The summed E-state index contributed by atoms with van der Waals surface area (Å²) in [4.78, 5) is 0. The first-order valence-electron chi connectivity index (χ1n) is 4.17. The van der Waals surface area contributed by atoms with Crippen LogP contribution in [0.3, 0.4) is 0 Å². The predicted octanol–water partition coefficient (Wildman–Crippen LogP) is 1.64. The van der Waals surface area contributed by atoms with Gasteiger partial charge in [0.15, 0.2) is 0 Å². The first-order chi connectivity index (χ1) is 5.57. The Morgan fingerprint density at radius 1 is 1.25 bits per heavy atom. The van der Waals surface area contributed by atoms with Gasteiger partial charge in [0.05, 0.1) is 12.7 Å². The predicted molar refractivity (Wildman–Crippen MR) is 50.9 cm³/mol.